The normalized spacial score (nSPS) is 24.0. The molecule has 2 N–H and O–H groups in total. The summed E-state index contributed by atoms with van der Waals surface area (Å²) in [5.41, 5.74) is 0.745. The Kier molecular flexibility index (Phi) is 5.50. The predicted molar refractivity (Wildman–Crippen MR) is 91.9 cm³/mol. The molecular formula is C17H23N3O5. The smallest absolute Gasteiger partial charge is 0.293 e. The van der Waals surface area contributed by atoms with E-state index in [0.717, 1.165) is 12.8 Å². The number of nitrogens with one attached hydrogen (secondary N) is 1. The van der Waals surface area contributed by atoms with Gasteiger partial charge in [0.25, 0.3) is 11.6 Å². The van der Waals surface area contributed by atoms with Gasteiger partial charge in [-0.2, -0.15) is 0 Å². The zero-order valence-electron chi connectivity index (χ0n) is 14.0. The maximum absolute atomic E-state index is 12.4. The van der Waals surface area contributed by atoms with Crippen LogP contribution in [-0.4, -0.2) is 54.4 Å². The molecule has 2 aliphatic rings. The van der Waals surface area contributed by atoms with Gasteiger partial charge in [0.05, 0.1) is 24.2 Å². The lowest BCUT2D eigenvalue weighted by Crippen LogP contribution is -2.39. The highest BCUT2D eigenvalue weighted by atomic mass is 16.6. The zero-order valence-corrected chi connectivity index (χ0v) is 14.0. The summed E-state index contributed by atoms with van der Waals surface area (Å²) in [5.74, 6) is -0.307. The first-order chi connectivity index (χ1) is 12.0. The van der Waals surface area contributed by atoms with Gasteiger partial charge in [-0.15, -0.1) is 0 Å². The molecule has 3 rings (SSSR count). The molecule has 8 nitrogen and oxygen atoms in total. The fourth-order valence-corrected chi connectivity index (χ4v) is 3.37. The Morgan fingerprint density at radius 2 is 1.92 bits per heavy atom. The molecule has 1 saturated heterocycles. The molecule has 0 aromatic heterocycles. The Hall–Kier alpha value is -2.19. The van der Waals surface area contributed by atoms with Crippen LogP contribution >= 0.6 is 0 Å². The van der Waals surface area contributed by atoms with Crippen LogP contribution in [0.3, 0.4) is 0 Å². The minimum Gasteiger partial charge on any atom is -0.393 e. The number of carbonyl (C=O) groups is 1. The van der Waals surface area contributed by atoms with Crippen LogP contribution in [0.4, 0.5) is 11.4 Å². The summed E-state index contributed by atoms with van der Waals surface area (Å²) in [6, 6.07) is 4.62. The van der Waals surface area contributed by atoms with Gasteiger partial charge in [0.1, 0.15) is 5.69 Å². The Labute approximate surface area is 145 Å². The molecule has 1 aromatic rings. The second kappa shape index (κ2) is 7.79. The molecule has 136 valence electrons. The van der Waals surface area contributed by atoms with Gasteiger partial charge in [0.15, 0.2) is 0 Å². The number of aliphatic hydroxyl groups excluding tert-OH is 1. The van der Waals surface area contributed by atoms with Gasteiger partial charge >= 0.3 is 0 Å². The number of rotatable bonds is 4. The van der Waals surface area contributed by atoms with Gasteiger partial charge in [0.2, 0.25) is 0 Å². The molecule has 1 heterocycles. The first-order valence-electron chi connectivity index (χ1n) is 8.64. The highest BCUT2D eigenvalue weighted by Gasteiger charge is 2.25. The summed E-state index contributed by atoms with van der Waals surface area (Å²) in [6.45, 7) is 2.26. The lowest BCUT2D eigenvalue weighted by atomic mass is 9.93. The van der Waals surface area contributed by atoms with Gasteiger partial charge in [0, 0.05) is 30.8 Å². The van der Waals surface area contributed by atoms with Crippen LogP contribution < -0.4 is 10.2 Å². The number of anilines is 1. The predicted octanol–water partition coefficient (Wildman–Crippen LogP) is 1.46. The van der Waals surface area contributed by atoms with Gasteiger partial charge in [-0.3, -0.25) is 14.9 Å². The molecule has 0 unspecified atom stereocenters. The summed E-state index contributed by atoms with van der Waals surface area (Å²) < 4.78 is 5.28. The molecule has 0 atom stereocenters. The van der Waals surface area contributed by atoms with Crippen molar-refractivity contribution in [1.82, 2.24) is 5.32 Å². The molecule has 1 aliphatic carbocycles. The van der Waals surface area contributed by atoms with E-state index in [1.54, 1.807) is 12.1 Å². The molecule has 0 spiro atoms. The first kappa shape index (κ1) is 17.6. The molecule has 1 amide bonds. The highest BCUT2D eigenvalue weighted by Crippen LogP contribution is 2.30. The molecule has 2 fully saturated rings. The zero-order chi connectivity index (χ0) is 17.8. The number of nitrogens with zero attached hydrogens (tertiary/aromatic N) is 2. The lowest BCUT2D eigenvalue weighted by molar-refractivity contribution is -0.384. The van der Waals surface area contributed by atoms with Crippen LogP contribution in [0.1, 0.15) is 36.0 Å². The second-order valence-electron chi connectivity index (χ2n) is 6.54. The Bertz CT molecular complexity index is 637. The van der Waals surface area contributed by atoms with E-state index in [4.69, 9.17) is 4.74 Å². The number of aliphatic hydroxyl groups is 1. The monoisotopic (exact) mass is 349 g/mol. The van der Waals surface area contributed by atoms with E-state index in [-0.39, 0.29) is 29.3 Å². The van der Waals surface area contributed by atoms with Crippen LogP contribution in [0.25, 0.3) is 0 Å². The van der Waals surface area contributed by atoms with Crippen molar-refractivity contribution in [1.29, 1.82) is 0 Å². The van der Waals surface area contributed by atoms with Crippen molar-refractivity contribution < 1.29 is 19.6 Å². The van der Waals surface area contributed by atoms with Crippen LogP contribution in [0, 0.1) is 10.1 Å². The van der Waals surface area contributed by atoms with Crippen molar-refractivity contribution in [2.45, 2.75) is 37.8 Å². The number of benzene rings is 1. The fourth-order valence-electron chi connectivity index (χ4n) is 3.37. The van der Waals surface area contributed by atoms with Crippen molar-refractivity contribution in [3.05, 3.63) is 33.9 Å². The average molecular weight is 349 g/mol. The van der Waals surface area contributed by atoms with E-state index in [0.29, 0.717) is 44.8 Å². The minimum atomic E-state index is -0.446. The number of nitro benzene ring substituents is 1. The van der Waals surface area contributed by atoms with Crippen LogP contribution in [0.2, 0.25) is 0 Å². The van der Waals surface area contributed by atoms with E-state index in [1.807, 2.05) is 4.90 Å². The fraction of sp³-hybridized carbons (Fsp3) is 0.588. The summed E-state index contributed by atoms with van der Waals surface area (Å²) in [5, 5.41) is 23.9. The topological polar surface area (TPSA) is 105 Å². The van der Waals surface area contributed by atoms with E-state index in [2.05, 4.69) is 5.32 Å². The van der Waals surface area contributed by atoms with Crippen molar-refractivity contribution in [3.8, 4) is 0 Å². The second-order valence-corrected chi connectivity index (χ2v) is 6.54. The Morgan fingerprint density at radius 3 is 2.56 bits per heavy atom. The molecular weight excluding hydrogens is 326 g/mol. The third-order valence-corrected chi connectivity index (χ3v) is 4.82. The quantitative estimate of drug-likeness (QED) is 0.630. The van der Waals surface area contributed by atoms with E-state index < -0.39 is 4.92 Å². The molecule has 25 heavy (non-hydrogen) atoms. The Balaban J connectivity index is 1.74. The van der Waals surface area contributed by atoms with Crippen molar-refractivity contribution in [2.24, 2.45) is 0 Å². The van der Waals surface area contributed by atoms with Crippen LogP contribution in [0.15, 0.2) is 18.2 Å². The van der Waals surface area contributed by atoms with Crippen molar-refractivity contribution in [2.75, 3.05) is 31.2 Å². The lowest BCUT2D eigenvalue weighted by Gasteiger charge is -2.28. The number of ether oxygens (including phenoxy) is 1. The number of nitro groups is 1. The third-order valence-electron chi connectivity index (χ3n) is 4.82. The number of morpholine rings is 1. The summed E-state index contributed by atoms with van der Waals surface area (Å²) in [6.07, 6.45) is 2.49. The van der Waals surface area contributed by atoms with Crippen LogP contribution in [0.5, 0.6) is 0 Å². The number of carbonyl (C=O) groups excluding carboxylic acids is 1. The third kappa shape index (κ3) is 4.26. The van der Waals surface area contributed by atoms with Crippen LogP contribution in [-0.2, 0) is 4.74 Å². The number of hydrogen-bond donors (Lipinski definition) is 2. The molecule has 0 bridgehead atoms. The minimum absolute atomic E-state index is 0.00822. The average Bonchev–Trinajstić information content (AvgIpc) is 2.63. The number of amides is 1. The maximum atomic E-state index is 12.4. The standard InChI is InChI=1S/C17H23N3O5/c21-14-4-2-13(3-5-14)18-17(22)12-1-6-15(16(11-12)20(23)24)19-7-9-25-10-8-19/h1,6,11,13-14,21H,2-5,7-10H2,(H,18,22). The van der Waals surface area contributed by atoms with Crippen molar-refractivity contribution in [3.63, 3.8) is 0 Å². The van der Waals surface area contributed by atoms with E-state index >= 15 is 0 Å². The molecule has 1 aliphatic heterocycles. The van der Waals surface area contributed by atoms with Gasteiger partial charge < -0.3 is 20.1 Å². The highest BCUT2D eigenvalue weighted by molar-refractivity contribution is 5.96. The molecule has 0 radical (unpaired) electrons. The van der Waals surface area contributed by atoms with E-state index in [9.17, 15) is 20.0 Å². The summed E-state index contributed by atoms with van der Waals surface area (Å²) in [7, 11) is 0. The molecule has 1 saturated carbocycles. The summed E-state index contributed by atoms with van der Waals surface area (Å²) in [4.78, 5) is 25.3. The summed E-state index contributed by atoms with van der Waals surface area (Å²) >= 11 is 0. The molecule has 1 aromatic carbocycles. The van der Waals surface area contributed by atoms with Gasteiger partial charge in [-0.1, -0.05) is 0 Å². The Morgan fingerprint density at radius 1 is 1.24 bits per heavy atom. The van der Waals surface area contributed by atoms with E-state index in [1.165, 1.54) is 6.07 Å². The first-order valence-corrected chi connectivity index (χ1v) is 8.64. The molecule has 8 heteroatoms. The van der Waals surface area contributed by atoms with Crippen molar-refractivity contribution >= 4 is 17.3 Å². The largest absolute Gasteiger partial charge is 0.393 e. The SMILES string of the molecule is O=C(NC1CCC(O)CC1)c1ccc(N2CCOCC2)c([N+](=O)[O-])c1. The number of hydrogen-bond acceptors (Lipinski definition) is 6. The van der Waals surface area contributed by atoms with Gasteiger partial charge in [-0.25, -0.2) is 0 Å². The maximum Gasteiger partial charge on any atom is 0.293 e. The van der Waals surface area contributed by atoms with Gasteiger partial charge in [-0.05, 0) is 37.8 Å².